The van der Waals surface area contributed by atoms with Crippen LogP contribution in [0.2, 0.25) is 0 Å². The molecule has 0 spiro atoms. The lowest BCUT2D eigenvalue weighted by Crippen LogP contribution is -2.47. The van der Waals surface area contributed by atoms with E-state index in [1.54, 1.807) is 18.6 Å². The summed E-state index contributed by atoms with van der Waals surface area (Å²) >= 11 is 0. The molecule has 108 valence electrons. The molecular weight excluding hydrogens is 266 g/mol. The highest BCUT2D eigenvalue weighted by atomic mass is 15.3. The van der Waals surface area contributed by atoms with E-state index >= 15 is 0 Å². The summed E-state index contributed by atoms with van der Waals surface area (Å²) in [5.74, 6) is 0.768. The van der Waals surface area contributed by atoms with E-state index in [1.165, 1.54) is 0 Å². The van der Waals surface area contributed by atoms with Crippen molar-refractivity contribution in [3.05, 3.63) is 42.5 Å². The highest BCUT2D eigenvalue weighted by Gasteiger charge is 2.19. The predicted octanol–water partition coefficient (Wildman–Crippen LogP) is 0.482. The lowest BCUT2D eigenvalue weighted by Gasteiger charge is -2.36. The second-order valence-corrected chi connectivity index (χ2v) is 4.84. The molecular formula is C14H17N7. The summed E-state index contributed by atoms with van der Waals surface area (Å²) in [6.45, 7) is 3.47. The number of amidine groups is 1. The van der Waals surface area contributed by atoms with Crippen LogP contribution in [0.3, 0.4) is 0 Å². The van der Waals surface area contributed by atoms with Crippen LogP contribution in [0.25, 0.3) is 0 Å². The van der Waals surface area contributed by atoms with Gasteiger partial charge in [-0.2, -0.15) is 0 Å². The molecule has 3 heterocycles. The number of anilines is 2. The molecule has 1 fully saturated rings. The first kappa shape index (κ1) is 13.3. The van der Waals surface area contributed by atoms with Crippen molar-refractivity contribution in [2.75, 3.05) is 36.0 Å². The number of nitrogen functional groups attached to an aromatic ring is 1. The molecule has 0 amide bonds. The number of pyridine rings is 1. The van der Waals surface area contributed by atoms with Gasteiger partial charge in [-0.15, -0.1) is 0 Å². The third-order valence-corrected chi connectivity index (χ3v) is 3.50. The van der Waals surface area contributed by atoms with Crippen LogP contribution in [0, 0.1) is 5.41 Å². The Labute approximate surface area is 123 Å². The van der Waals surface area contributed by atoms with Crippen LogP contribution in [0.4, 0.5) is 11.6 Å². The zero-order valence-corrected chi connectivity index (χ0v) is 11.6. The van der Waals surface area contributed by atoms with E-state index in [9.17, 15) is 0 Å². The maximum absolute atomic E-state index is 7.46. The van der Waals surface area contributed by atoms with E-state index in [-0.39, 0.29) is 5.84 Å². The first-order chi connectivity index (χ1) is 10.2. The largest absolute Gasteiger partial charge is 0.382 e. The maximum Gasteiger partial charge on any atom is 0.225 e. The number of rotatable bonds is 3. The van der Waals surface area contributed by atoms with Gasteiger partial charge in [-0.25, -0.2) is 9.97 Å². The first-order valence-corrected chi connectivity index (χ1v) is 6.81. The van der Waals surface area contributed by atoms with E-state index in [4.69, 9.17) is 11.1 Å². The second kappa shape index (κ2) is 5.74. The van der Waals surface area contributed by atoms with Gasteiger partial charge in [-0.1, -0.05) is 0 Å². The summed E-state index contributed by atoms with van der Waals surface area (Å²) in [5, 5.41) is 7.46. The quantitative estimate of drug-likeness (QED) is 0.628. The van der Waals surface area contributed by atoms with Crippen LogP contribution in [0.1, 0.15) is 5.69 Å². The molecule has 0 radical (unpaired) electrons. The molecule has 0 aromatic carbocycles. The summed E-state index contributed by atoms with van der Waals surface area (Å²) in [6.07, 6.45) is 5.21. The molecule has 2 aromatic rings. The van der Waals surface area contributed by atoms with Gasteiger partial charge in [0.2, 0.25) is 5.95 Å². The molecule has 0 atom stereocenters. The second-order valence-electron chi connectivity index (χ2n) is 4.84. The van der Waals surface area contributed by atoms with Gasteiger partial charge in [0.05, 0.1) is 0 Å². The van der Waals surface area contributed by atoms with Gasteiger partial charge >= 0.3 is 0 Å². The van der Waals surface area contributed by atoms with Crippen LogP contribution in [0.15, 0.2) is 36.8 Å². The Hall–Kier alpha value is -2.70. The van der Waals surface area contributed by atoms with Crippen molar-refractivity contribution in [2.45, 2.75) is 0 Å². The number of nitrogens with one attached hydrogen (secondary N) is 1. The van der Waals surface area contributed by atoms with E-state index in [0.717, 1.165) is 37.8 Å². The maximum atomic E-state index is 7.46. The van der Waals surface area contributed by atoms with Gasteiger partial charge in [-0.3, -0.25) is 10.4 Å². The molecule has 1 saturated heterocycles. The number of nitrogens with two attached hydrogens (primary N) is 1. The highest BCUT2D eigenvalue weighted by molar-refractivity contribution is 5.93. The molecule has 2 aromatic heterocycles. The minimum absolute atomic E-state index is 0.00632. The number of piperazine rings is 1. The average molecular weight is 283 g/mol. The lowest BCUT2D eigenvalue weighted by atomic mass is 10.2. The predicted molar refractivity (Wildman–Crippen MR) is 81.7 cm³/mol. The van der Waals surface area contributed by atoms with Crippen molar-refractivity contribution in [2.24, 2.45) is 5.73 Å². The van der Waals surface area contributed by atoms with E-state index in [2.05, 4.69) is 24.8 Å². The molecule has 0 aliphatic carbocycles. The highest BCUT2D eigenvalue weighted by Crippen LogP contribution is 2.18. The summed E-state index contributed by atoms with van der Waals surface area (Å²) in [6, 6.07) is 5.62. The summed E-state index contributed by atoms with van der Waals surface area (Å²) in [7, 11) is 0. The SMILES string of the molecule is N=C(N)c1cc(N2CCN(c3ncccn3)CC2)ccn1. The van der Waals surface area contributed by atoms with Crippen molar-refractivity contribution < 1.29 is 0 Å². The van der Waals surface area contributed by atoms with Crippen molar-refractivity contribution in [3.63, 3.8) is 0 Å². The van der Waals surface area contributed by atoms with Crippen molar-refractivity contribution in [3.8, 4) is 0 Å². The van der Waals surface area contributed by atoms with Crippen LogP contribution < -0.4 is 15.5 Å². The molecule has 1 aliphatic heterocycles. The number of hydrogen-bond donors (Lipinski definition) is 2. The van der Waals surface area contributed by atoms with Gasteiger partial charge in [-0.05, 0) is 18.2 Å². The molecule has 0 unspecified atom stereocenters. The third-order valence-electron chi connectivity index (χ3n) is 3.50. The molecule has 21 heavy (non-hydrogen) atoms. The van der Waals surface area contributed by atoms with Gasteiger partial charge in [0.25, 0.3) is 0 Å². The summed E-state index contributed by atoms with van der Waals surface area (Å²) < 4.78 is 0. The minimum Gasteiger partial charge on any atom is -0.382 e. The molecule has 3 rings (SSSR count). The number of nitrogens with zero attached hydrogens (tertiary/aromatic N) is 5. The van der Waals surface area contributed by atoms with Crippen LogP contribution >= 0.6 is 0 Å². The lowest BCUT2D eigenvalue weighted by molar-refractivity contribution is 0.639. The monoisotopic (exact) mass is 283 g/mol. The number of aromatic nitrogens is 3. The standard InChI is InChI=1S/C14H17N7/c15-13(16)12-10-11(2-5-17-12)20-6-8-21(9-7-20)14-18-3-1-4-19-14/h1-5,10H,6-9H2,(H3,15,16). The third kappa shape index (κ3) is 2.91. The van der Waals surface area contributed by atoms with Crippen molar-refractivity contribution in [1.82, 2.24) is 15.0 Å². The van der Waals surface area contributed by atoms with Crippen LogP contribution in [-0.2, 0) is 0 Å². The molecule has 3 N–H and O–H groups in total. The van der Waals surface area contributed by atoms with Crippen LogP contribution in [0.5, 0.6) is 0 Å². The Kier molecular flexibility index (Phi) is 3.63. The molecule has 7 heteroatoms. The van der Waals surface area contributed by atoms with Gasteiger partial charge in [0.1, 0.15) is 11.5 Å². The Balaban J connectivity index is 1.68. The summed E-state index contributed by atoms with van der Waals surface area (Å²) in [5.41, 5.74) is 7.05. The fourth-order valence-corrected chi connectivity index (χ4v) is 2.38. The first-order valence-electron chi connectivity index (χ1n) is 6.81. The minimum atomic E-state index is -0.00632. The van der Waals surface area contributed by atoms with Crippen molar-refractivity contribution in [1.29, 1.82) is 5.41 Å². The van der Waals surface area contributed by atoms with E-state index < -0.39 is 0 Å². The average Bonchev–Trinajstić information content (AvgIpc) is 2.56. The molecule has 7 nitrogen and oxygen atoms in total. The zero-order chi connectivity index (χ0) is 14.7. The van der Waals surface area contributed by atoms with Gasteiger partial charge in [0.15, 0.2) is 0 Å². The fourth-order valence-electron chi connectivity index (χ4n) is 2.38. The number of hydrogen-bond acceptors (Lipinski definition) is 6. The molecule has 0 bridgehead atoms. The molecule has 1 aliphatic rings. The fraction of sp³-hybridized carbons (Fsp3) is 0.286. The Morgan fingerprint density at radius 3 is 2.33 bits per heavy atom. The smallest absolute Gasteiger partial charge is 0.225 e. The van der Waals surface area contributed by atoms with Crippen LogP contribution in [-0.4, -0.2) is 47.0 Å². The Morgan fingerprint density at radius 2 is 1.67 bits per heavy atom. The summed E-state index contributed by atoms with van der Waals surface area (Å²) in [4.78, 5) is 17.1. The topological polar surface area (TPSA) is 95.0 Å². The van der Waals surface area contributed by atoms with Gasteiger partial charge < -0.3 is 15.5 Å². The normalized spacial score (nSPS) is 15.0. The van der Waals surface area contributed by atoms with Gasteiger partial charge in [0, 0.05) is 50.5 Å². The molecule has 0 saturated carbocycles. The van der Waals surface area contributed by atoms with Crippen molar-refractivity contribution >= 4 is 17.5 Å². The Bertz CT molecular complexity index is 620. The van der Waals surface area contributed by atoms with E-state index in [0.29, 0.717) is 5.69 Å². The van der Waals surface area contributed by atoms with E-state index in [1.807, 2.05) is 18.2 Å². The zero-order valence-electron chi connectivity index (χ0n) is 11.6. The Morgan fingerprint density at radius 1 is 1.00 bits per heavy atom.